The fourth-order valence-corrected chi connectivity index (χ4v) is 3.96. The van der Waals surface area contributed by atoms with Crippen LogP contribution in [0.2, 0.25) is 0 Å². The van der Waals surface area contributed by atoms with Gasteiger partial charge in [0.15, 0.2) is 11.5 Å². The van der Waals surface area contributed by atoms with E-state index in [9.17, 15) is 14.7 Å². The van der Waals surface area contributed by atoms with Crippen LogP contribution in [-0.4, -0.2) is 55.7 Å². The van der Waals surface area contributed by atoms with E-state index in [0.717, 1.165) is 11.3 Å². The van der Waals surface area contributed by atoms with Crippen molar-refractivity contribution in [3.05, 3.63) is 53.6 Å². The first kappa shape index (κ1) is 22.9. The maximum Gasteiger partial charge on any atom is 0.251 e. The zero-order chi connectivity index (χ0) is 23.2. The quantitative estimate of drug-likeness (QED) is 0.555. The summed E-state index contributed by atoms with van der Waals surface area (Å²) in [5.41, 5.74) is 1.41. The molecule has 0 radical (unpaired) electrons. The second kappa shape index (κ2) is 10.5. The molecular weight excluding hydrogens is 428 g/mol. The van der Waals surface area contributed by atoms with Crippen molar-refractivity contribution in [1.82, 2.24) is 10.6 Å². The van der Waals surface area contributed by atoms with E-state index in [1.807, 2.05) is 24.3 Å². The molecule has 0 spiro atoms. The molecule has 2 aromatic carbocycles. The predicted molar refractivity (Wildman–Crippen MR) is 118 cm³/mol. The number of carbonyl (C=O) groups excluding carboxylic acids is 2. The van der Waals surface area contributed by atoms with E-state index < -0.39 is 6.10 Å². The molecule has 2 aromatic rings. The SMILES string of the molecule is COc1ccc(CNC(=O)C[C@H]2CC[C@@H](NC(=O)c3ccc4c(c3)OCO4)[C@H](CO)O2)cc1. The molecular formula is C24H28N2O7. The summed E-state index contributed by atoms with van der Waals surface area (Å²) in [5.74, 6) is 1.48. The number of fused-ring (bicyclic) bond motifs is 1. The predicted octanol–water partition coefficient (Wildman–Crippen LogP) is 1.77. The van der Waals surface area contributed by atoms with Gasteiger partial charge in [-0.15, -0.1) is 0 Å². The highest BCUT2D eigenvalue weighted by Gasteiger charge is 2.33. The van der Waals surface area contributed by atoms with Crippen LogP contribution in [0.4, 0.5) is 0 Å². The topological polar surface area (TPSA) is 115 Å². The number of methoxy groups -OCH3 is 1. The van der Waals surface area contributed by atoms with Gasteiger partial charge < -0.3 is 34.7 Å². The Kier molecular flexibility index (Phi) is 7.31. The number of rotatable bonds is 8. The standard InChI is InChI=1S/C24H28N2O7/c1-30-17-5-2-15(3-6-17)12-25-23(28)11-18-7-8-19(22(13-27)33-18)26-24(29)16-4-9-20-21(10-16)32-14-31-20/h2-6,9-10,18-19,22,27H,7-8,11-14H2,1H3,(H,25,28)(H,26,29)/t18-,19-,22+/m1/s1. The number of ether oxygens (including phenoxy) is 4. The molecule has 33 heavy (non-hydrogen) atoms. The third-order valence-electron chi connectivity index (χ3n) is 5.81. The minimum absolute atomic E-state index is 0.129. The normalized spacial score (nSPS) is 21.3. The average molecular weight is 456 g/mol. The van der Waals surface area contributed by atoms with Gasteiger partial charge >= 0.3 is 0 Å². The van der Waals surface area contributed by atoms with Crippen molar-refractivity contribution in [3.63, 3.8) is 0 Å². The second-order valence-electron chi connectivity index (χ2n) is 8.03. The number of hydrogen-bond acceptors (Lipinski definition) is 7. The summed E-state index contributed by atoms with van der Waals surface area (Å²) in [6.45, 7) is 0.293. The lowest BCUT2D eigenvalue weighted by molar-refractivity contribution is -0.131. The van der Waals surface area contributed by atoms with Crippen LogP contribution in [0, 0.1) is 0 Å². The molecule has 2 heterocycles. The monoisotopic (exact) mass is 456 g/mol. The lowest BCUT2D eigenvalue weighted by atomic mass is 9.96. The molecule has 2 amide bonds. The lowest BCUT2D eigenvalue weighted by Crippen LogP contribution is -2.51. The van der Waals surface area contributed by atoms with E-state index in [4.69, 9.17) is 18.9 Å². The molecule has 9 nitrogen and oxygen atoms in total. The largest absolute Gasteiger partial charge is 0.497 e. The van der Waals surface area contributed by atoms with Crippen LogP contribution >= 0.6 is 0 Å². The van der Waals surface area contributed by atoms with Crippen LogP contribution in [0.3, 0.4) is 0 Å². The Morgan fingerprint density at radius 1 is 1.09 bits per heavy atom. The molecule has 0 saturated carbocycles. The van der Waals surface area contributed by atoms with Gasteiger partial charge in [-0.25, -0.2) is 0 Å². The highest BCUT2D eigenvalue weighted by molar-refractivity contribution is 5.95. The molecule has 2 aliphatic heterocycles. The lowest BCUT2D eigenvalue weighted by Gasteiger charge is -2.36. The first-order valence-electron chi connectivity index (χ1n) is 10.9. The number of aliphatic hydroxyl groups is 1. The van der Waals surface area contributed by atoms with Gasteiger partial charge in [0.2, 0.25) is 12.7 Å². The van der Waals surface area contributed by atoms with E-state index in [0.29, 0.717) is 36.4 Å². The number of aliphatic hydroxyl groups excluding tert-OH is 1. The van der Waals surface area contributed by atoms with Crippen LogP contribution in [0.15, 0.2) is 42.5 Å². The Hall–Kier alpha value is -3.30. The van der Waals surface area contributed by atoms with Gasteiger partial charge in [-0.05, 0) is 48.7 Å². The maximum atomic E-state index is 12.7. The fraction of sp³-hybridized carbons (Fsp3) is 0.417. The van der Waals surface area contributed by atoms with E-state index in [-0.39, 0.29) is 43.8 Å². The van der Waals surface area contributed by atoms with Gasteiger partial charge in [-0.1, -0.05) is 12.1 Å². The highest BCUT2D eigenvalue weighted by atomic mass is 16.7. The number of hydrogen-bond donors (Lipinski definition) is 3. The van der Waals surface area contributed by atoms with Crippen LogP contribution in [-0.2, 0) is 16.1 Å². The molecule has 1 fully saturated rings. The minimum Gasteiger partial charge on any atom is -0.497 e. The van der Waals surface area contributed by atoms with Crippen molar-refractivity contribution in [1.29, 1.82) is 0 Å². The van der Waals surface area contributed by atoms with Gasteiger partial charge in [0, 0.05) is 12.1 Å². The summed E-state index contributed by atoms with van der Waals surface area (Å²) in [7, 11) is 1.61. The molecule has 0 aromatic heterocycles. The molecule has 3 N–H and O–H groups in total. The van der Waals surface area contributed by atoms with Gasteiger partial charge in [0.1, 0.15) is 11.9 Å². The Morgan fingerprint density at radius 2 is 1.88 bits per heavy atom. The Balaban J connectivity index is 1.25. The average Bonchev–Trinajstić information content (AvgIpc) is 3.32. The third kappa shape index (κ3) is 5.74. The van der Waals surface area contributed by atoms with Crippen LogP contribution < -0.4 is 24.8 Å². The summed E-state index contributed by atoms with van der Waals surface area (Å²) in [6, 6.07) is 12.1. The molecule has 1 saturated heterocycles. The van der Waals surface area contributed by atoms with Crippen molar-refractivity contribution in [2.45, 2.75) is 44.1 Å². The smallest absolute Gasteiger partial charge is 0.251 e. The molecule has 0 unspecified atom stereocenters. The van der Waals surface area contributed by atoms with Gasteiger partial charge in [0.25, 0.3) is 5.91 Å². The molecule has 4 rings (SSSR count). The maximum absolute atomic E-state index is 12.7. The van der Waals surface area contributed by atoms with Crippen molar-refractivity contribution >= 4 is 11.8 Å². The van der Waals surface area contributed by atoms with E-state index in [1.165, 1.54) is 0 Å². The number of benzene rings is 2. The van der Waals surface area contributed by atoms with Crippen molar-refractivity contribution in [2.24, 2.45) is 0 Å². The molecule has 9 heteroatoms. The van der Waals surface area contributed by atoms with E-state index in [1.54, 1.807) is 25.3 Å². The molecule has 176 valence electrons. The molecule has 3 atom stereocenters. The van der Waals surface area contributed by atoms with Gasteiger partial charge in [0.05, 0.1) is 32.3 Å². The first-order valence-corrected chi connectivity index (χ1v) is 10.9. The number of amides is 2. The number of nitrogens with one attached hydrogen (secondary N) is 2. The first-order chi connectivity index (χ1) is 16.1. The molecule has 0 aliphatic carbocycles. The summed E-state index contributed by atoms with van der Waals surface area (Å²) in [6.07, 6.45) is 0.471. The van der Waals surface area contributed by atoms with Crippen LogP contribution in [0.5, 0.6) is 17.2 Å². The zero-order valence-corrected chi connectivity index (χ0v) is 18.4. The Bertz CT molecular complexity index is 979. The molecule has 0 bridgehead atoms. The summed E-state index contributed by atoms with van der Waals surface area (Å²) in [4.78, 5) is 25.0. The van der Waals surface area contributed by atoms with Crippen molar-refractivity contribution in [3.8, 4) is 17.2 Å². The van der Waals surface area contributed by atoms with Crippen molar-refractivity contribution in [2.75, 3.05) is 20.5 Å². The minimum atomic E-state index is -0.587. The van der Waals surface area contributed by atoms with E-state index in [2.05, 4.69) is 10.6 Å². The van der Waals surface area contributed by atoms with Gasteiger partial charge in [-0.2, -0.15) is 0 Å². The Labute approximate surface area is 192 Å². The number of carbonyl (C=O) groups is 2. The summed E-state index contributed by atoms with van der Waals surface area (Å²) in [5, 5.41) is 15.6. The highest BCUT2D eigenvalue weighted by Crippen LogP contribution is 2.32. The van der Waals surface area contributed by atoms with Crippen LogP contribution in [0.1, 0.15) is 35.2 Å². The zero-order valence-electron chi connectivity index (χ0n) is 18.4. The Morgan fingerprint density at radius 3 is 2.64 bits per heavy atom. The summed E-state index contributed by atoms with van der Waals surface area (Å²) < 4.78 is 21.6. The third-order valence-corrected chi connectivity index (χ3v) is 5.81. The fourth-order valence-electron chi connectivity index (χ4n) is 3.96. The molecule has 2 aliphatic rings. The van der Waals surface area contributed by atoms with Crippen molar-refractivity contribution < 1.29 is 33.6 Å². The van der Waals surface area contributed by atoms with Crippen LogP contribution in [0.25, 0.3) is 0 Å². The van der Waals surface area contributed by atoms with Gasteiger partial charge in [-0.3, -0.25) is 9.59 Å². The second-order valence-corrected chi connectivity index (χ2v) is 8.03. The van der Waals surface area contributed by atoms with E-state index >= 15 is 0 Å². The summed E-state index contributed by atoms with van der Waals surface area (Å²) >= 11 is 0.